The second-order valence-electron chi connectivity index (χ2n) is 5.47. The van der Waals surface area contributed by atoms with E-state index in [9.17, 15) is 4.79 Å². The lowest BCUT2D eigenvalue weighted by molar-refractivity contribution is -0.111. The SMILES string of the molecule is COc1cc(C=CC(=O)Nc2cc(Cl)ccc2-n2cncn2)cc(OC)c1. The van der Waals surface area contributed by atoms with E-state index in [1.54, 1.807) is 61.4 Å². The fourth-order valence-corrected chi connectivity index (χ4v) is 2.58. The first kappa shape index (κ1) is 18.5. The molecule has 0 aliphatic rings. The highest BCUT2D eigenvalue weighted by Crippen LogP contribution is 2.25. The van der Waals surface area contributed by atoms with Gasteiger partial charge in [-0.3, -0.25) is 4.79 Å². The fourth-order valence-electron chi connectivity index (χ4n) is 2.41. The predicted octanol–water partition coefficient (Wildman–Crippen LogP) is 3.59. The normalized spacial score (nSPS) is 10.8. The topological polar surface area (TPSA) is 78.3 Å². The summed E-state index contributed by atoms with van der Waals surface area (Å²) < 4.78 is 12.0. The second-order valence-corrected chi connectivity index (χ2v) is 5.91. The predicted molar refractivity (Wildman–Crippen MR) is 104 cm³/mol. The van der Waals surface area contributed by atoms with E-state index in [2.05, 4.69) is 15.4 Å². The first-order valence-electron chi connectivity index (χ1n) is 7.96. The standard InChI is InChI=1S/C19H17ClN4O3/c1-26-15-7-13(8-16(10-15)27-2)3-6-19(25)23-17-9-14(20)4-5-18(17)24-12-21-11-22-24/h3-12H,1-2H3,(H,23,25). The molecule has 1 aromatic heterocycles. The van der Waals surface area contributed by atoms with Crippen LogP contribution in [0.1, 0.15) is 5.56 Å². The minimum atomic E-state index is -0.319. The molecular formula is C19H17ClN4O3. The lowest BCUT2D eigenvalue weighted by Gasteiger charge is -2.10. The number of halogens is 1. The van der Waals surface area contributed by atoms with E-state index in [4.69, 9.17) is 21.1 Å². The van der Waals surface area contributed by atoms with Gasteiger partial charge in [-0.15, -0.1) is 0 Å². The summed E-state index contributed by atoms with van der Waals surface area (Å²) in [5.41, 5.74) is 1.94. The lowest BCUT2D eigenvalue weighted by atomic mass is 10.2. The van der Waals surface area contributed by atoms with Crippen LogP contribution in [0.4, 0.5) is 5.69 Å². The highest BCUT2D eigenvalue weighted by Gasteiger charge is 2.09. The van der Waals surface area contributed by atoms with E-state index in [-0.39, 0.29) is 5.91 Å². The Morgan fingerprint density at radius 3 is 2.52 bits per heavy atom. The Morgan fingerprint density at radius 1 is 1.15 bits per heavy atom. The second kappa shape index (κ2) is 8.37. The number of aromatic nitrogens is 3. The van der Waals surface area contributed by atoms with Gasteiger partial charge in [-0.25, -0.2) is 9.67 Å². The Hall–Kier alpha value is -3.32. The van der Waals surface area contributed by atoms with Crippen molar-refractivity contribution in [1.82, 2.24) is 14.8 Å². The largest absolute Gasteiger partial charge is 0.497 e. The van der Waals surface area contributed by atoms with Crippen LogP contribution < -0.4 is 14.8 Å². The third-order valence-electron chi connectivity index (χ3n) is 3.68. The molecule has 3 rings (SSSR count). The van der Waals surface area contributed by atoms with E-state index >= 15 is 0 Å². The Balaban J connectivity index is 1.81. The molecule has 8 heteroatoms. The number of methoxy groups -OCH3 is 2. The molecule has 0 spiro atoms. The van der Waals surface area contributed by atoms with Gasteiger partial charge in [0.25, 0.3) is 0 Å². The number of rotatable bonds is 6. The number of benzene rings is 2. The average Bonchev–Trinajstić information content (AvgIpc) is 3.20. The molecule has 0 fully saturated rings. The Labute approximate surface area is 161 Å². The minimum absolute atomic E-state index is 0.319. The molecule has 0 atom stereocenters. The van der Waals surface area contributed by atoms with Gasteiger partial charge in [-0.2, -0.15) is 5.10 Å². The van der Waals surface area contributed by atoms with Gasteiger partial charge < -0.3 is 14.8 Å². The van der Waals surface area contributed by atoms with Crippen LogP contribution in [0.25, 0.3) is 11.8 Å². The Morgan fingerprint density at radius 2 is 1.89 bits per heavy atom. The van der Waals surface area contributed by atoms with Crippen LogP contribution in [-0.2, 0) is 4.79 Å². The van der Waals surface area contributed by atoms with Crippen molar-refractivity contribution in [3.05, 3.63) is 65.7 Å². The zero-order valence-corrected chi connectivity index (χ0v) is 15.5. The molecule has 0 saturated carbocycles. The van der Waals surface area contributed by atoms with Crippen LogP contribution >= 0.6 is 11.6 Å². The third kappa shape index (κ3) is 4.65. The van der Waals surface area contributed by atoms with Crippen molar-refractivity contribution in [2.75, 3.05) is 19.5 Å². The summed E-state index contributed by atoms with van der Waals surface area (Å²) in [6.07, 6.45) is 6.04. The number of amides is 1. The van der Waals surface area contributed by atoms with Gasteiger partial charge in [0.2, 0.25) is 5.91 Å². The third-order valence-corrected chi connectivity index (χ3v) is 3.92. The summed E-state index contributed by atoms with van der Waals surface area (Å²) in [6, 6.07) is 10.5. The van der Waals surface area contributed by atoms with Crippen LogP contribution in [0.15, 0.2) is 55.1 Å². The van der Waals surface area contributed by atoms with Crippen molar-refractivity contribution >= 4 is 29.3 Å². The summed E-state index contributed by atoms with van der Waals surface area (Å²) in [7, 11) is 3.14. The van der Waals surface area contributed by atoms with Crippen LogP contribution in [0.2, 0.25) is 5.02 Å². The number of hydrogen-bond donors (Lipinski definition) is 1. The summed E-state index contributed by atoms with van der Waals surface area (Å²) in [5, 5.41) is 7.38. The molecule has 1 heterocycles. The van der Waals surface area contributed by atoms with Gasteiger partial charge in [0.05, 0.1) is 25.6 Å². The number of anilines is 1. The molecule has 0 aliphatic heterocycles. The van der Waals surface area contributed by atoms with E-state index in [1.807, 2.05) is 0 Å². The van der Waals surface area contributed by atoms with Crippen molar-refractivity contribution in [2.45, 2.75) is 0 Å². The zero-order chi connectivity index (χ0) is 19.2. The molecule has 0 saturated heterocycles. The molecule has 0 aliphatic carbocycles. The monoisotopic (exact) mass is 384 g/mol. The Bertz CT molecular complexity index is 949. The first-order valence-corrected chi connectivity index (χ1v) is 8.33. The van der Waals surface area contributed by atoms with Crippen LogP contribution in [0.3, 0.4) is 0 Å². The van der Waals surface area contributed by atoms with E-state index in [1.165, 1.54) is 18.7 Å². The molecule has 3 aromatic rings. The van der Waals surface area contributed by atoms with Crippen LogP contribution in [-0.4, -0.2) is 34.9 Å². The maximum absolute atomic E-state index is 12.4. The first-order chi connectivity index (χ1) is 13.1. The van der Waals surface area contributed by atoms with Gasteiger partial charge in [-0.05, 0) is 42.0 Å². The number of carbonyl (C=O) groups is 1. The van der Waals surface area contributed by atoms with Gasteiger partial charge >= 0.3 is 0 Å². The smallest absolute Gasteiger partial charge is 0.248 e. The maximum atomic E-state index is 12.4. The van der Waals surface area contributed by atoms with Gasteiger partial charge in [-0.1, -0.05) is 11.6 Å². The van der Waals surface area contributed by atoms with E-state index in [0.29, 0.717) is 27.9 Å². The molecule has 0 radical (unpaired) electrons. The zero-order valence-electron chi connectivity index (χ0n) is 14.7. The summed E-state index contributed by atoms with van der Waals surface area (Å²) in [5.74, 6) is 0.954. The van der Waals surface area contributed by atoms with Gasteiger partial charge in [0.15, 0.2) is 0 Å². The fraction of sp³-hybridized carbons (Fsp3) is 0.105. The molecule has 2 aromatic carbocycles. The number of nitrogens with zero attached hydrogens (tertiary/aromatic N) is 3. The van der Waals surface area contributed by atoms with Crippen molar-refractivity contribution in [3.63, 3.8) is 0 Å². The number of hydrogen-bond acceptors (Lipinski definition) is 5. The van der Waals surface area contributed by atoms with Crippen LogP contribution in [0.5, 0.6) is 11.5 Å². The summed E-state index contributed by atoms with van der Waals surface area (Å²) in [4.78, 5) is 16.3. The molecule has 1 N–H and O–H groups in total. The van der Waals surface area contributed by atoms with Crippen molar-refractivity contribution < 1.29 is 14.3 Å². The van der Waals surface area contributed by atoms with Crippen molar-refractivity contribution in [3.8, 4) is 17.2 Å². The number of ether oxygens (including phenoxy) is 2. The van der Waals surface area contributed by atoms with Gasteiger partial charge in [0, 0.05) is 17.2 Å². The van der Waals surface area contributed by atoms with Crippen molar-refractivity contribution in [2.24, 2.45) is 0 Å². The molecule has 7 nitrogen and oxygen atoms in total. The van der Waals surface area contributed by atoms with Crippen molar-refractivity contribution in [1.29, 1.82) is 0 Å². The highest BCUT2D eigenvalue weighted by molar-refractivity contribution is 6.31. The van der Waals surface area contributed by atoms with E-state index in [0.717, 1.165) is 5.56 Å². The van der Waals surface area contributed by atoms with Gasteiger partial charge in [0.1, 0.15) is 24.2 Å². The van der Waals surface area contributed by atoms with Crippen LogP contribution in [0, 0.1) is 0 Å². The molecule has 0 bridgehead atoms. The highest BCUT2D eigenvalue weighted by atomic mass is 35.5. The number of carbonyl (C=O) groups excluding carboxylic acids is 1. The molecule has 1 amide bonds. The van der Waals surface area contributed by atoms with E-state index < -0.39 is 0 Å². The summed E-state index contributed by atoms with van der Waals surface area (Å²) in [6.45, 7) is 0. The average molecular weight is 385 g/mol. The quantitative estimate of drug-likeness (QED) is 0.657. The molecule has 138 valence electrons. The number of nitrogens with one attached hydrogen (secondary N) is 1. The molecule has 27 heavy (non-hydrogen) atoms. The summed E-state index contributed by atoms with van der Waals surface area (Å²) >= 11 is 6.06. The lowest BCUT2D eigenvalue weighted by Crippen LogP contribution is -2.11. The molecular weight excluding hydrogens is 368 g/mol. The molecule has 0 unspecified atom stereocenters. The Kier molecular flexibility index (Phi) is 5.73. The minimum Gasteiger partial charge on any atom is -0.497 e. The maximum Gasteiger partial charge on any atom is 0.248 e.